The largest absolute Gasteiger partial charge is 1.00 e. The van der Waals surface area contributed by atoms with Crippen LogP contribution >= 0.6 is 0 Å². The van der Waals surface area contributed by atoms with Gasteiger partial charge in [-0.2, -0.15) is 0 Å². The van der Waals surface area contributed by atoms with E-state index in [1.807, 2.05) is 24.3 Å². The predicted octanol–water partition coefficient (Wildman–Crippen LogP) is -2.36. The summed E-state index contributed by atoms with van der Waals surface area (Å²) in [6.07, 6.45) is 4.17. The number of nitrogens with one attached hydrogen (secondary N) is 1. The first-order valence-electron chi connectivity index (χ1n) is 6.43. The molecule has 0 saturated carbocycles. The van der Waals surface area contributed by atoms with Gasteiger partial charge in [0.2, 0.25) is 0 Å². The van der Waals surface area contributed by atoms with Crippen molar-refractivity contribution in [3.63, 3.8) is 0 Å². The van der Waals surface area contributed by atoms with E-state index in [4.69, 9.17) is 4.74 Å². The molecule has 2 heterocycles. The van der Waals surface area contributed by atoms with E-state index in [-0.39, 0.29) is 18.0 Å². The Balaban J connectivity index is 0.00000133. The molecule has 0 atom stereocenters. The molecule has 0 radical (unpaired) electrons. The summed E-state index contributed by atoms with van der Waals surface area (Å²) in [6.45, 7) is 2.27. The minimum Gasteiger partial charge on any atom is -1.00 e. The lowest BCUT2D eigenvalue weighted by Gasteiger charge is -2.21. The van der Waals surface area contributed by atoms with E-state index in [2.05, 4.69) is 10.3 Å². The van der Waals surface area contributed by atoms with Gasteiger partial charge in [0.1, 0.15) is 11.9 Å². The average Bonchev–Trinajstić information content (AvgIpc) is 2.40. The lowest BCUT2D eigenvalue weighted by atomic mass is 10.1. The van der Waals surface area contributed by atoms with Crippen molar-refractivity contribution < 1.29 is 22.5 Å². The third-order valence-corrected chi connectivity index (χ3v) is 3.43. The molecular weight excluding hydrogens is 264 g/mol. The van der Waals surface area contributed by atoms with Gasteiger partial charge >= 0.3 is 0 Å². The fourth-order valence-corrected chi connectivity index (χ4v) is 2.45. The summed E-state index contributed by atoms with van der Waals surface area (Å²) in [5.74, 6) is 0.861. The first-order valence-corrected chi connectivity index (χ1v) is 6.43. The fourth-order valence-electron chi connectivity index (χ4n) is 2.45. The van der Waals surface area contributed by atoms with Crippen LogP contribution in [0.5, 0.6) is 5.75 Å². The molecule has 3 rings (SSSR count). The minimum absolute atomic E-state index is 0. The number of nitrogens with two attached hydrogens (primary N) is 1. The van der Waals surface area contributed by atoms with Gasteiger partial charge in [-0.1, -0.05) is 0 Å². The molecule has 4 nitrogen and oxygen atoms in total. The van der Waals surface area contributed by atoms with Gasteiger partial charge in [-0.25, -0.2) is 0 Å². The average molecular weight is 281 g/mol. The molecule has 19 heavy (non-hydrogen) atoms. The van der Waals surface area contributed by atoms with E-state index in [0.29, 0.717) is 11.5 Å². The van der Waals surface area contributed by atoms with Gasteiger partial charge in [-0.15, -0.1) is 0 Å². The summed E-state index contributed by atoms with van der Waals surface area (Å²) < 4.78 is 5.97. The molecule has 0 aliphatic carbocycles. The number of quaternary nitrogens is 1. The van der Waals surface area contributed by atoms with Crippen LogP contribution in [0.25, 0.3) is 10.8 Å². The van der Waals surface area contributed by atoms with Gasteiger partial charge in [-0.05, 0) is 29.7 Å². The molecule has 1 aromatic heterocycles. The second-order valence-electron chi connectivity index (χ2n) is 4.74. The monoisotopic (exact) mass is 280 g/mol. The molecule has 1 aliphatic heterocycles. The number of hydrogen-bond acceptors (Lipinski definition) is 2. The zero-order chi connectivity index (χ0) is 12.4. The van der Waals surface area contributed by atoms with Crippen molar-refractivity contribution in [1.82, 2.24) is 4.98 Å². The number of halogens is 1. The van der Waals surface area contributed by atoms with Crippen LogP contribution in [0.4, 0.5) is 0 Å². The molecule has 5 heteroatoms. The zero-order valence-corrected chi connectivity index (χ0v) is 11.3. The summed E-state index contributed by atoms with van der Waals surface area (Å²) in [5, 5.41) is 3.96. The summed E-state index contributed by atoms with van der Waals surface area (Å²) >= 11 is 0. The van der Waals surface area contributed by atoms with Crippen LogP contribution in [-0.4, -0.2) is 24.2 Å². The number of H-pyrrole nitrogens is 1. The number of rotatable bonds is 2. The number of hydrogen-bond donors (Lipinski definition) is 2. The molecule has 1 aromatic carbocycles. The predicted molar refractivity (Wildman–Crippen MR) is 69.9 cm³/mol. The smallest absolute Gasteiger partial charge is 0.255 e. The molecule has 0 amide bonds. The number of benzene rings is 1. The van der Waals surface area contributed by atoms with Crippen molar-refractivity contribution in [2.45, 2.75) is 18.9 Å². The molecule has 0 bridgehead atoms. The van der Waals surface area contributed by atoms with Crippen molar-refractivity contribution in [2.24, 2.45) is 0 Å². The van der Waals surface area contributed by atoms with Crippen LogP contribution < -0.4 is 28.0 Å². The van der Waals surface area contributed by atoms with E-state index in [9.17, 15) is 4.79 Å². The first kappa shape index (κ1) is 13.9. The summed E-state index contributed by atoms with van der Waals surface area (Å²) in [6, 6.07) is 7.56. The van der Waals surface area contributed by atoms with Crippen LogP contribution in [0.3, 0.4) is 0 Å². The van der Waals surface area contributed by atoms with Crippen LogP contribution in [0.1, 0.15) is 12.8 Å². The zero-order valence-electron chi connectivity index (χ0n) is 10.6. The Morgan fingerprint density at radius 3 is 2.79 bits per heavy atom. The first-order chi connectivity index (χ1) is 8.83. The molecule has 0 unspecified atom stereocenters. The van der Waals surface area contributed by atoms with Crippen molar-refractivity contribution in [3.8, 4) is 5.75 Å². The summed E-state index contributed by atoms with van der Waals surface area (Å²) in [5.41, 5.74) is -0.0497. The molecule has 1 fully saturated rings. The van der Waals surface area contributed by atoms with Gasteiger partial charge in [0.25, 0.3) is 5.56 Å². The quantitative estimate of drug-likeness (QED) is 0.647. The number of aromatic nitrogens is 1. The highest BCUT2D eigenvalue weighted by Crippen LogP contribution is 2.20. The van der Waals surface area contributed by atoms with Gasteiger partial charge in [0.15, 0.2) is 0 Å². The molecule has 2 aromatic rings. The Morgan fingerprint density at radius 1 is 1.21 bits per heavy atom. The lowest BCUT2D eigenvalue weighted by molar-refractivity contribution is -0.664. The SMILES string of the molecule is O=c1[nH]ccc2cc(OC3CC[NH2+]CC3)ccc12.[Cl-]. The number of pyridine rings is 1. The topological polar surface area (TPSA) is 58.7 Å². The summed E-state index contributed by atoms with van der Waals surface area (Å²) in [7, 11) is 0. The Kier molecular flexibility index (Phi) is 4.45. The summed E-state index contributed by atoms with van der Waals surface area (Å²) in [4.78, 5) is 14.3. The lowest BCUT2D eigenvalue weighted by Crippen LogP contribution is -3.00. The van der Waals surface area contributed by atoms with Crippen LogP contribution in [-0.2, 0) is 0 Å². The molecule has 1 aliphatic rings. The highest BCUT2D eigenvalue weighted by molar-refractivity contribution is 5.82. The van der Waals surface area contributed by atoms with E-state index in [0.717, 1.165) is 37.1 Å². The molecule has 3 N–H and O–H groups in total. The highest BCUT2D eigenvalue weighted by atomic mass is 35.5. The molecule has 102 valence electrons. The Hall–Kier alpha value is -1.52. The number of ether oxygens (including phenoxy) is 1. The van der Waals surface area contributed by atoms with E-state index in [1.54, 1.807) is 6.20 Å². The third-order valence-electron chi connectivity index (χ3n) is 3.43. The fraction of sp³-hybridized carbons (Fsp3) is 0.357. The van der Waals surface area contributed by atoms with Crippen molar-refractivity contribution in [1.29, 1.82) is 0 Å². The maximum Gasteiger partial charge on any atom is 0.255 e. The maximum atomic E-state index is 11.6. The molecular formula is C14H17ClN2O2. The second-order valence-corrected chi connectivity index (χ2v) is 4.74. The van der Waals surface area contributed by atoms with Crippen LogP contribution in [0.2, 0.25) is 0 Å². The Labute approximate surface area is 117 Å². The Morgan fingerprint density at radius 2 is 2.00 bits per heavy atom. The number of piperidine rings is 1. The molecule has 1 saturated heterocycles. The van der Waals surface area contributed by atoms with E-state index >= 15 is 0 Å². The molecule has 0 spiro atoms. The second kappa shape index (κ2) is 6.08. The van der Waals surface area contributed by atoms with Gasteiger partial charge in [0, 0.05) is 24.4 Å². The number of aromatic amines is 1. The van der Waals surface area contributed by atoms with Crippen LogP contribution in [0.15, 0.2) is 35.3 Å². The maximum absolute atomic E-state index is 11.6. The van der Waals surface area contributed by atoms with Gasteiger partial charge in [0.05, 0.1) is 13.1 Å². The number of fused-ring (bicyclic) bond motifs is 1. The standard InChI is InChI=1S/C14H16N2O2.ClH/c17-14-13-2-1-12(9-10(13)3-8-16-14)18-11-4-6-15-7-5-11;/h1-3,8-9,11,15H,4-7H2,(H,16,17);1H. The van der Waals surface area contributed by atoms with E-state index < -0.39 is 0 Å². The highest BCUT2D eigenvalue weighted by Gasteiger charge is 2.16. The normalized spacial score (nSPS) is 16.0. The van der Waals surface area contributed by atoms with Crippen molar-refractivity contribution in [3.05, 3.63) is 40.8 Å². The van der Waals surface area contributed by atoms with Crippen LogP contribution in [0, 0.1) is 0 Å². The third kappa shape index (κ3) is 3.08. The van der Waals surface area contributed by atoms with Crippen molar-refractivity contribution >= 4 is 10.8 Å². The van der Waals surface area contributed by atoms with Crippen molar-refractivity contribution in [2.75, 3.05) is 13.1 Å². The van der Waals surface area contributed by atoms with E-state index in [1.165, 1.54) is 0 Å². The minimum atomic E-state index is -0.0497. The van der Waals surface area contributed by atoms with Gasteiger partial charge < -0.3 is 27.4 Å². The van der Waals surface area contributed by atoms with Gasteiger partial charge in [-0.3, -0.25) is 4.79 Å². The Bertz CT molecular complexity index is 606.